The number of fused-ring (bicyclic) bond motifs is 2. The van der Waals surface area contributed by atoms with Gasteiger partial charge in [-0.1, -0.05) is 24.6 Å². The molecule has 1 saturated heterocycles. The first-order valence-electron chi connectivity index (χ1n) is 9.85. The van der Waals surface area contributed by atoms with Gasteiger partial charge in [0.05, 0.1) is 6.10 Å². The van der Waals surface area contributed by atoms with Crippen molar-refractivity contribution in [1.82, 2.24) is 4.90 Å². The lowest BCUT2D eigenvalue weighted by atomic mass is 9.86. The highest BCUT2D eigenvalue weighted by Gasteiger charge is 2.40. The molecule has 4 heteroatoms. The number of phenolic OH excluding ortho intramolecular Hbond substituents is 1. The van der Waals surface area contributed by atoms with Gasteiger partial charge in [0, 0.05) is 31.7 Å². The number of rotatable bonds is 6. The zero-order chi connectivity index (χ0) is 17.2. The van der Waals surface area contributed by atoms with Crippen molar-refractivity contribution in [3.63, 3.8) is 0 Å². The Bertz CT molecular complexity index is 611. The Balaban J connectivity index is 1.44. The summed E-state index contributed by atoms with van der Waals surface area (Å²) in [5.41, 5.74) is 0.821. The number of carbonyl (C=O) groups is 1. The van der Waals surface area contributed by atoms with Gasteiger partial charge in [0.15, 0.2) is 0 Å². The van der Waals surface area contributed by atoms with Crippen LogP contribution in [0, 0.1) is 17.8 Å². The first kappa shape index (κ1) is 16.9. The van der Waals surface area contributed by atoms with E-state index in [1.165, 1.54) is 25.7 Å². The maximum atomic E-state index is 13.1. The molecule has 136 valence electrons. The van der Waals surface area contributed by atoms with Gasteiger partial charge >= 0.3 is 0 Å². The van der Waals surface area contributed by atoms with Gasteiger partial charge in [-0.15, -0.1) is 0 Å². The van der Waals surface area contributed by atoms with Gasteiger partial charge < -0.3 is 14.7 Å². The normalized spacial score (nSPS) is 30.7. The van der Waals surface area contributed by atoms with Crippen molar-refractivity contribution in [2.45, 2.75) is 57.6 Å². The Morgan fingerprint density at radius 2 is 2.08 bits per heavy atom. The standard InChI is InChI=1S/C21H29NO3/c23-20-6-2-1-4-17(20)13-22(14-19-5-3-9-25-19)21(24)12-18-11-15-7-8-16(18)10-15/h1-2,4,6,15-16,18-19,23H,3,5,7-14H2. The average Bonchev–Trinajstić information content (AvgIpc) is 3.34. The fourth-order valence-electron chi connectivity index (χ4n) is 5.12. The largest absolute Gasteiger partial charge is 0.508 e. The van der Waals surface area contributed by atoms with Gasteiger partial charge in [-0.25, -0.2) is 0 Å². The third-order valence-corrected chi connectivity index (χ3v) is 6.47. The number of phenols is 1. The molecule has 0 aromatic heterocycles. The van der Waals surface area contributed by atoms with E-state index in [4.69, 9.17) is 4.74 Å². The van der Waals surface area contributed by atoms with Crippen LogP contribution in [0.4, 0.5) is 0 Å². The molecule has 4 rings (SSSR count). The second-order valence-electron chi connectivity index (χ2n) is 8.18. The monoisotopic (exact) mass is 343 g/mol. The minimum absolute atomic E-state index is 0.148. The summed E-state index contributed by atoms with van der Waals surface area (Å²) in [4.78, 5) is 15.0. The Kier molecular flexibility index (Phi) is 4.98. The highest BCUT2D eigenvalue weighted by molar-refractivity contribution is 5.76. The van der Waals surface area contributed by atoms with E-state index in [0.717, 1.165) is 36.8 Å². The van der Waals surface area contributed by atoms with Crippen molar-refractivity contribution in [3.8, 4) is 5.75 Å². The molecule has 2 aliphatic carbocycles. The molecule has 4 atom stereocenters. The Labute approximate surface area is 150 Å². The lowest BCUT2D eigenvalue weighted by molar-refractivity contribution is -0.134. The molecule has 1 aliphatic heterocycles. The van der Waals surface area contributed by atoms with Crippen LogP contribution in [0.25, 0.3) is 0 Å². The van der Waals surface area contributed by atoms with E-state index in [1.807, 2.05) is 23.1 Å². The Hall–Kier alpha value is -1.55. The molecule has 0 spiro atoms. The number of aromatic hydroxyl groups is 1. The highest BCUT2D eigenvalue weighted by atomic mass is 16.5. The van der Waals surface area contributed by atoms with Crippen molar-refractivity contribution < 1.29 is 14.6 Å². The van der Waals surface area contributed by atoms with Gasteiger partial charge in [0.2, 0.25) is 5.91 Å². The summed E-state index contributed by atoms with van der Waals surface area (Å²) >= 11 is 0. The summed E-state index contributed by atoms with van der Waals surface area (Å²) in [6, 6.07) is 7.34. The third kappa shape index (κ3) is 3.84. The van der Waals surface area contributed by atoms with Crippen molar-refractivity contribution in [1.29, 1.82) is 0 Å². The van der Waals surface area contributed by atoms with Crippen molar-refractivity contribution in [2.75, 3.05) is 13.2 Å². The number of hydrogen-bond acceptors (Lipinski definition) is 3. The molecule has 0 radical (unpaired) electrons. The Morgan fingerprint density at radius 3 is 2.76 bits per heavy atom. The van der Waals surface area contributed by atoms with Crippen LogP contribution in [0.3, 0.4) is 0 Å². The second-order valence-corrected chi connectivity index (χ2v) is 8.18. The molecule has 4 nitrogen and oxygen atoms in total. The van der Waals surface area contributed by atoms with E-state index in [9.17, 15) is 9.90 Å². The summed E-state index contributed by atoms with van der Waals surface area (Å²) < 4.78 is 5.76. The summed E-state index contributed by atoms with van der Waals surface area (Å²) in [5, 5.41) is 10.1. The molecule has 4 unspecified atom stereocenters. The van der Waals surface area contributed by atoms with Crippen molar-refractivity contribution in [3.05, 3.63) is 29.8 Å². The maximum Gasteiger partial charge on any atom is 0.223 e. The van der Waals surface area contributed by atoms with Crippen LogP contribution in [0.15, 0.2) is 24.3 Å². The van der Waals surface area contributed by atoms with E-state index < -0.39 is 0 Å². The number of nitrogens with zero attached hydrogens (tertiary/aromatic N) is 1. The van der Waals surface area contributed by atoms with E-state index in [2.05, 4.69) is 0 Å². The van der Waals surface area contributed by atoms with E-state index >= 15 is 0 Å². The molecule has 1 aromatic rings. The zero-order valence-corrected chi connectivity index (χ0v) is 14.9. The SMILES string of the molecule is O=C(CC1CC2CCC1C2)N(Cc1ccccc1O)CC1CCCO1. The van der Waals surface area contributed by atoms with Crippen molar-refractivity contribution >= 4 is 5.91 Å². The van der Waals surface area contributed by atoms with Gasteiger partial charge in [-0.2, -0.15) is 0 Å². The predicted octanol–water partition coefficient (Wildman–Crippen LogP) is 3.73. The average molecular weight is 343 g/mol. The predicted molar refractivity (Wildman–Crippen MR) is 96.1 cm³/mol. The zero-order valence-electron chi connectivity index (χ0n) is 14.9. The molecule has 3 aliphatic rings. The van der Waals surface area contributed by atoms with E-state index in [1.54, 1.807) is 6.07 Å². The molecule has 1 heterocycles. The van der Waals surface area contributed by atoms with Gasteiger partial charge in [0.1, 0.15) is 5.75 Å². The quantitative estimate of drug-likeness (QED) is 0.856. The highest BCUT2D eigenvalue weighted by Crippen LogP contribution is 2.49. The fourth-order valence-corrected chi connectivity index (χ4v) is 5.12. The third-order valence-electron chi connectivity index (χ3n) is 6.47. The minimum atomic E-state index is 0.148. The van der Waals surface area contributed by atoms with Crippen LogP contribution >= 0.6 is 0 Å². The summed E-state index contributed by atoms with van der Waals surface area (Å²) in [7, 11) is 0. The van der Waals surface area contributed by atoms with Crippen LogP contribution in [0.2, 0.25) is 0 Å². The maximum absolute atomic E-state index is 13.1. The molecule has 1 aromatic carbocycles. The van der Waals surface area contributed by atoms with Crippen molar-refractivity contribution in [2.24, 2.45) is 17.8 Å². The van der Waals surface area contributed by atoms with Gasteiger partial charge in [-0.05, 0) is 55.9 Å². The van der Waals surface area contributed by atoms with Crippen LogP contribution in [0.1, 0.15) is 50.5 Å². The molecule has 2 bridgehead atoms. The van der Waals surface area contributed by atoms with Gasteiger partial charge in [-0.3, -0.25) is 4.79 Å². The summed E-state index contributed by atoms with van der Waals surface area (Å²) in [6.45, 7) is 1.93. The molecule has 25 heavy (non-hydrogen) atoms. The number of amides is 1. The second kappa shape index (κ2) is 7.36. The first-order chi connectivity index (χ1) is 12.2. The van der Waals surface area contributed by atoms with Crippen LogP contribution < -0.4 is 0 Å². The molecule has 3 fully saturated rings. The number of para-hydroxylation sites is 1. The summed E-state index contributed by atoms with van der Waals surface area (Å²) in [5.74, 6) is 2.71. The Morgan fingerprint density at radius 1 is 1.20 bits per heavy atom. The fraction of sp³-hybridized carbons (Fsp3) is 0.667. The van der Waals surface area contributed by atoms with Crippen LogP contribution in [0.5, 0.6) is 5.75 Å². The van der Waals surface area contributed by atoms with Crippen LogP contribution in [-0.2, 0) is 16.1 Å². The minimum Gasteiger partial charge on any atom is -0.508 e. The lowest BCUT2D eigenvalue weighted by Gasteiger charge is -2.29. The number of ether oxygens (including phenoxy) is 1. The molecule has 1 amide bonds. The molecular weight excluding hydrogens is 314 g/mol. The molecule has 2 saturated carbocycles. The molecule has 1 N–H and O–H groups in total. The number of hydrogen-bond donors (Lipinski definition) is 1. The first-order valence-corrected chi connectivity index (χ1v) is 9.85. The summed E-state index contributed by atoms with van der Waals surface area (Å²) in [6.07, 6.45) is 8.18. The topological polar surface area (TPSA) is 49.8 Å². The number of benzene rings is 1. The van der Waals surface area contributed by atoms with E-state index in [0.29, 0.717) is 25.4 Å². The van der Waals surface area contributed by atoms with Crippen LogP contribution in [-0.4, -0.2) is 35.2 Å². The lowest BCUT2D eigenvalue weighted by Crippen LogP contribution is -2.38. The van der Waals surface area contributed by atoms with E-state index in [-0.39, 0.29) is 17.8 Å². The molecular formula is C21H29NO3. The van der Waals surface area contributed by atoms with Gasteiger partial charge in [0.25, 0.3) is 0 Å². The number of carbonyl (C=O) groups excluding carboxylic acids is 1. The smallest absolute Gasteiger partial charge is 0.223 e.